The second-order valence-electron chi connectivity index (χ2n) is 7.47. The molecule has 32 heavy (non-hydrogen) atoms. The van der Waals surface area contributed by atoms with Crippen LogP contribution in [0.25, 0.3) is 11.2 Å². The molecule has 7 N–H and O–H groups in total. The molecule has 2 atom stereocenters. The number of nitrogen functional groups attached to an aromatic ring is 1. The maximum absolute atomic E-state index is 12.7. The van der Waals surface area contributed by atoms with Gasteiger partial charge in [-0.3, -0.25) is 23.7 Å². The van der Waals surface area contributed by atoms with E-state index in [2.05, 4.69) is 15.0 Å². The van der Waals surface area contributed by atoms with Gasteiger partial charge in [0, 0.05) is 13.0 Å². The predicted molar refractivity (Wildman–Crippen MR) is 111 cm³/mol. The molecule has 1 fully saturated rings. The van der Waals surface area contributed by atoms with Gasteiger partial charge in [0.2, 0.25) is 11.9 Å². The first-order valence-electron chi connectivity index (χ1n) is 9.53. The average molecular weight is 494 g/mol. The maximum Gasteiger partial charge on any atom is 0.327 e. The van der Waals surface area contributed by atoms with Gasteiger partial charge >= 0.3 is 15.2 Å². The standard InChI is InChI=1S/C15H24N6O9P2/c16-15-18-13-12(14(23)19-15)17-8-21(13)9-5-10(7-30-2-4-32(27,28)29)20(6-9)11(22)1-3-31(24,25)26/h8-10H,1-7H2,(H2,24,25,26)(H2,27,28,29)(H3,16,18,19,23)/t9-,10-/m0/s1. The third kappa shape index (κ3) is 6.23. The van der Waals surface area contributed by atoms with Crippen LogP contribution < -0.4 is 11.3 Å². The topological polar surface area (TPSA) is 234 Å². The number of anilines is 1. The van der Waals surface area contributed by atoms with Crippen molar-refractivity contribution in [1.29, 1.82) is 0 Å². The molecule has 1 saturated heterocycles. The summed E-state index contributed by atoms with van der Waals surface area (Å²) < 4.78 is 29.1. The van der Waals surface area contributed by atoms with Crippen molar-refractivity contribution in [3.8, 4) is 0 Å². The van der Waals surface area contributed by atoms with E-state index in [1.54, 1.807) is 4.57 Å². The summed E-state index contributed by atoms with van der Waals surface area (Å²) in [6.07, 6.45) is 0.253. The molecular formula is C15H24N6O9P2. The molecule has 1 amide bonds. The minimum absolute atomic E-state index is 0.0407. The van der Waals surface area contributed by atoms with Crippen molar-refractivity contribution in [3.05, 3.63) is 16.7 Å². The molecule has 2 aromatic heterocycles. The summed E-state index contributed by atoms with van der Waals surface area (Å²) in [4.78, 5) is 72.6. The molecule has 0 aromatic carbocycles. The molecule has 0 spiro atoms. The van der Waals surface area contributed by atoms with Gasteiger partial charge in [0.25, 0.3) is 5.56 Å². The second kappa shape index (κ2) is 9.40. The zero-order valence-corrected chi connectivity index (χ0v) is 18.6. The molecule has 15 nitrogen and oxygen atoms in total. The van der Waals surface area contributed by atoms with E-state index in [1.807, 2.05) is 0 Å². The van der Waals surface area contributed by atoms with Gasteiger partial charge in [0.05, 0.1) is 43.9 Å². The van der Waals surface area contributed by atoms with Crippen LogP contribution in [0.15, 0.2) is 11.1 Å². The number of nitrogens with one attached hydrogen (secondary N) is 1. The van der Waals surface area contributed by atoms with E-state index >= 15 is 0 Å². The number of likely N-dealkylation sites (tertiary alicyclic amines) is 1. The molecule has 3 heterocycles. The lowest BCUT2D eigenvalue weighted by Gasteiger charge is -2.24. The number of hydrogen-bond acceptors (Lipinski definition) is 8. The Kier molecular flexibility index (Phi) is 7.20. The van der Waals surface area contributed by atoms with Crippen LogP contribution in [0.1, 0.15) is 18.9 Å². The van der Waals surface area contributed by atoms with Crippen LogP contribution in [0, 0.1) is 0 Å². The average Bonchev–Trinajstić information content (AvgIpc) is 3.26. The van der Waals surface area contributed by atoms with Crippen LogP contribution in [0.2, 0.25) is 0 Å². The van der Waals surface area contributed by atoms with E-state index in [0.29, 0.717) is 6.42 Å². The van der Waals surface area contributed by atoms with E-state index in [-0.39, 0.29) is 49.3 Å². The number of carbonyl (C=O) groups excluding carboxylic acids is 1. The Morgan fingerprint density at radius 3 is 2.59 bits per heavy atom. The van der Waals surface area contributed by atoms with E-state index in [0.717, 1.165) is 0 Å². The summed E-state index contributed by atoms with van der Waals surface area (Å²) in [7, 11) is -8.61. The van der Waals surface area contributed by atoms with Crippen molar-refractivity contribution in [2.75, 3.05) is 37.8 Å². The first-order chi connectivity index (χ1) is 14.8. The zero-order chi connectivity index (χ0) is 23.7. The first kappa shape index (κ1) is 24.5. The van der Waals surface area contributed by atoms with Crippen molar-refractivity contribution < 1.29 is 38.2 Å². The minimum atomic E-state index is -4.37. The fraction of sp³-hybridized carbons (Fsp3) is 0.600. The smallest absolute Gasteiger partial charge is 0.327 e. The fourth-order valence-electron chi connectivity index (χ4n) is 3.55. The van der Waals surface area contributed by atoms with Crippen molar-refractivity contribution in [2.45, 2.75) is 24.9 Å². The SMILES string of the molecule is Nc1nc2c(ncn2[C@H]2C[C@@H](COCCP(=O)(O)O)N(C(=O)CCP(=O)(O)O)C2)c(=O)[nH]1. The molecule has 1 aliphatic rings. The number of aromatic nitrogens is 4. The lowest BCUT2D eigenvalue weighted by Crippen LogP contribution is -2.39. The third-order valence-corrected chi connectivity index (χ3v) is 6.58. The number of H-pyrrole nitrogens is 1. The van der Waals surface area contributed by atoms with E-state index in [1.165, 1.54) is 11.2 Å². The number of hydrogen-bond donors (Lipinski definition) is 6. The molecule has 0 radical (unpaired) electrons. The van der Waals surface area contributed by atoms with Crippen LogP contribution >= 0.6 is 15.2 Å². The molecule has 0 unspecified atom stereocenters. The Hall–Kier alpha value is -2.12. The maximum atomic E-state index is 12.7. The normalized spacial score (nSPS) is 19.7. The number of rotatable bonds is 9. The number of amides is 1. The Labute approximate surface area is 180 Å². The van der Waals surface area contributed by atoms with Gasteiger partial charge in [-0.05, 0) is 6.42 Å². The van der Waals surface area contributed by atoms with Crippen LogP contribution in [0.5, 0.6) is 0 Å². The number of fused-ring (bicyclic) bond motifs is 1. The number of nitrogens with two attached hydrogens (primary N) is 1. The van der Waals surface area contributed by atoms with Gasteiger partial charge in [-0.1, -0.05) is 0 Å². The molecule has 178 valence electrons. The number of aromatic amines is 1. The number of ether oxygens (including phenoxy) is 1. The molecular weight excluding hydrogens is 470 g/mol. The van der Waals surface area contributed by atoms with E-state index in [4.69, 9.17) is 30.0 Å². The Bertz CT molecular complexity index is 1140. The fourth-order valence-corrected chi connectivity index (χ4v) is 4.40. The predicted octanol–water partition coefficient (Wildman–Crippen LogP) is -1.39. The first-order valence-corrected chi connectivity index (χ1v) is 13.1. The van der Waals surface area contributed by atoms with Crippen LogP contribution in [0.3, 0.4) is 0 Å². The second-order valence-corrected chi connectivity index (χ2v) is 11.0. The summed E-state index contributed by atoms with van der Waals surface area (Å²) in [5.41, 5.74) is 5.40. The molecule has 0 aliphatic carbocycles. The van der Waals surface area contributed by atoms with Crippen molar-refractivity contribution in [1.82, 2.24) is 24.4 Å². The molecule has 3 rings (SSSR count). The third-order valence-electron chi connectivity index (χ3n) is 5.01. The molecule has 0 bridgehead atoms. The molecule has 0 saturated carbocycles. The summed E-state index contributed by atoms with van der Waals surface area (Å²) >= 11 is 0. The Morgan fingerprint density at radius 1 is 1.25 bits per heavy atom. The highest BCUT2D eigenvalue weighted by Gasteiger charge is 2.37. The Balaban J connectivity index is 1.79. The summed E-state index contributed by atoms with van der Waals surface area (Å²) in [5.74, 6) is -0.608. The van der Waals surface area contributed by atoms with Crippen molar-refractivity contribution >= 4 is 38.2 Å². The number of imidazole rings is 1. The zero-order valence-electron chi connectivity index (χ0n) is 16.8. The highest BCUT2D eigenvalue weighted by atomic mass is 31.2. The van der Waals surface area contributed by atoms with Gasteiger partial charge < -0.3 is 39.5 Å². The minimum Gasteiger partial charge on any atom is -0.379 e. The number of nitrogens with zero attached hydrogens (tertiary/aromatic N) is 4. The molecule has 17 heteroatoms. The van der Waals surface area contributed by atoms with Gasteiger partial charge in [0.1, 0.15) is 0 Å². The molecule has 1 aliphatic heterocycles. The van der Waals surface area contributed by atoms with Crippen molar-refractivity contribution in [3.63, 3.8) is 0 Å². The highest BCUT2D eigenvalue weighted by molar-refractivity contribution is 7.52. The quantitative estimate of drug-likeness (QED) is 0.175. The van der Waals surface area contributed by atoms with E-state index in [9.17, 15) is 18.7 Å². The van der Waals surface area contributed by atoms with Gasteiger partial charge in [-0.15, -0.1) is 0 Å². The Morgan fingerprint density at radius 2 is 1.94 bits per heavy atom. The van der Waals surface area contributed by atoms with Crippen LogP contribution in [-0.4, -0.2) is 88.0 Å². The van der Waals surface area contributed by atoms with E-state index < -0.39 is 45.0 Å². The van der Waals surface area contributed by atoms with Gasteiger partial charge in [-0.25, -0.2) is 4.98 Å². The lowest BCUT2D eigenvalue weighted by molar-refractivity contribution is -0.132. The summed E-state index contributed by atoms with van der Waals surface area (Å²) in [6.45, 7) is -0.134. The molecule has 2 aromatic rings. The van der Waals surface area contributed by atoms with Crippen LogP contribution in [0.4, 0.5) is 5.95 Å². The number of carbonyl (C=O) groups is 1. The lowest BCUT2D eigenvalue weighted by atomic mass is 10.2. The van der Waals surface area contributed by atoms with Crippen molar-refractivity contribution in [2.24, 2.45) is 0 Å². The van der Waals surface area contributed by atoms with Gasteiger partial charge in [0.15, 0.2) is 11.2 Å². The highest BCUT2D eigenvalue weighted by Crippen LogP contribution is 2.37. The van der Waals surface area contributed by atoms with Crippen LogP contribution in [-0.2, 0) is 18.7 Å². The van der Waals surface area contributed by atoms with Gasteiger partial charge in [-0.2, -0.15) is 4.98 Å². The summed E-state index contributed by atoms with van der Waals surface area (Å²) in [5, 5.41) is 0. The summed E-state index contributed by atoms with van der Waals surface area (Å²) in [6, 6.07) is -0.916. The largest absolute Gasteiger partial charge is 0.379 e. The monoisotopic (exact) mass is 494 g/mol.